The van der Waals surface area contributed by atoms with Crippen molar-refractivity contribution >= 4 is 29.3 Å². The van der Waals surface area contributed by atoms with Crippen LogP contribution < -0.4 is 5.32 Å². The molecular formula is C18H18N2O3S. The fraction of sp³-hybridized carbons (Fsp3) is 0.222. The quantitative estimate of drug-likeness (QED) is 0.899. The van der Waals surface area contributed by atoms with Gasteiger partial charge in [0, 0.05) is 41.8 Å². The van der Waals surface area contributed by atoms with Crippen LogP contribution in [-0.4, -0.2) is 34.6 Å². The normalized spacial score (nSPS) is 13.6. The molecule has 24 heavy (non-hydrogen) atoms. The molecule has 1 heterocycles. The Balaban J connectivity index is 1.80. The van der Waals surface area contributed by atoms with Crippen LogP contribution in [0.4, 0.5) is 5.69 Å². The maximum absolute atomic E-state index is 12.6. The topological polar surface area (TPSA) is 69.6 Å². The van der Waals surface area contributed by atoms with Gasteiger partial charge in [-0.15, -0.1) is 11.8 Å². The highest BCUT2D eigenvalue weighted by atomic mass is 32.2. The second-order valence-corrected chi connectivity index (χ2v) is 6.78. The monoisotopic (exact) mass is 342 g/mol. The van der Waals surface area contributed by atoms with Gasteiger partial charge in [0.1, 0.15) is 5.75 Å². The number of anilines is 1. The van der Waals surface area contributed by atoms with E-state index in [4.69, 9.17) is 0 Å². The summed E-state index contributed by atoms with van der Waals surface area (Å²) in [5.41, 5.74) is 1.88. The number of aromatic hydroxyl groups is 1. The first-order valence-electron chi connectivity index (χ1n) is 7.63. The average Bonchev–Trinajstić information content (AvgIpc) is 2.76. The van der Waals surface area contributed by atoms with Crippen molar-refractivity contribution in [2.45, 2.75) is 17.9 Å². The largest absolute Gasteiger partial charge is 0.508 e. The maximum atomic E-state index is 12.6. The van der Waals surface area contributed by atoms with Crippen LogP contribution in [0.2, 0.25) is 0 Å². The van der Waals surface area contributed by atoms with Gasteiger partial charge in [-0.2, -0.15) is 0 Å². The smallest absolute Gasteiger partial charge is 0.253 e. The van der Waals surface area contributed by atoms with Crippen LogP contribution in [0.1, 0.15) is 22.3 Å². The minimum atomic E-state index is -0.162. The van der Waals surface area contributed by atoms with Crippen LogP contribution in [-0.2, 0) is 11.3 Å². The molecule has 0 saturated carbocycles. The standard InChI is InChI=1S/C18H18N2O3S/c1-20(11-13-4-2-3-5-15(13)21)18(23)12-6-7-16-14(10-12)19-17(22)8-9-24-16/h2-7,10,21H,8-9,11H2,1H3,(H,19,22). The molecule has 0 aromatic heterocycles. The number of amides is 2. The molecule has 0 unspecified atom stereocenters. The molecule has 0 radical (unpaired) electrons. The van der Waals surface area contributed by atoms with Gasteiger partial charge in [0.2, 0.25) is 5.91 Å². The van der Waals surface area contributed by atoms with Gasteiger partial charge in [-0.3, -0.25) is 9.59 Å². The number of phenols is 1. The first kappa shape index (κ1) is 16.4. The van der Waals surface area contributed by atoms with E-state index in [2.05, 4.69) is 5.32 Å². The molecule has 6 heteroatoms. The Hall–Kier alpha value is -2.47. The van der Waals surface area contributed by atoms with E-state index in [9.17, 15) is 14.7 Å². The molecule has 0 fully saturated rings. The number of hydrogen-bond acceptors (Lipinski definition) is 4. The molecule has 124 valence electrons. The Kier molecular flexibility index (Phi) is 4.76. The lowest BCUT2D eigenvalue weighted by Gasteiger charge is -2.19. The summed E-state index contributed by atoms with van der Waals surface area (Å²) in [4.78, 5) is 26.8. The number of nitrogens with zero attached hydrogens (tertiary/aromatic N) is 1. The number of hydrogen-bond donors (Lipinski definition) is 2. The second kappa shape index (κ2) is 6.97. The Morgan fingerprint density at radius 2 is 2.08 bits per heavy atom. The summed E-state index contributed by atoms with van der Waals surface area (Å²) >= 11 is 1.61. The van der Waals surface area contributed by atoms with E-state index in [1.54, 1.807) is 54.0 Å². The van der Waals surface area contributed by atoms with Crippen molar-refractivity contribution in [1.82, 2.24) is 4.90 Å². The number of carbonyl (C=O) groups excluding carboxylic acids is 2. The number of rotatable bonds is 3. The minimum Gasteiger partial charge on any atom is -0.508 e. The van der Waals surface area contributed by atoms with E-state index in [1.807, 2.05) is 12.1 Å². The van der Waals surface area contributed by atoms with Crippen LogP contribution in [0.25, 0.3) is 0 Å². The van der Waals surface area contributed by atoms with E-state index >= 15 is 0 Å². The Morgan fingerprint density at radius 3 is 2.88 bits per heavy atom. The van der Waals surface area contributed by atoms with E-state index in [1.165, 1.54) is 0 Å². The lowest BCUT2D eigenvalue weighted by Crippen LogP contribution is -2.26. The molecule has 0 aliphatic carbocycles. The van der Waals surface area contributed by atoms with Gasteiger partial charge in [-0.05, 0) is 24.3 Å². The third kappa shape index (κ3) is 3.54. The van der Waals surface area contributed by atoms with Crippen molar-refractivity contribution < 1.29 is 14.7 Å². The zero-order valence-corrected chi connectivity index (χ0v) is 14.1. The number of para-hydroxylation sites is 1. The first-order valence-corrected chi connectivity index (χ1v) is 8.62. The molecule has 1 aliphatic rings. The number of phenolic OH excluding ortho intramolecular Hbond substituents is 1. The predicted molar refractivity (Wildman–Crippen MR) is 94.3 cm³/mol. The zero-order chi connectivity index (χ0) is 17.1. The molecule has 5 nitrogen and oxygen atoms in total. The van der Waals surface area contributed by atoms with E-state index in [0.717, 1.165) is 10.6 Å². The van der Waals surface area contributed by atoms with Gasteiger partial charge in [-0.25, -0.2) is 0 Å². The van der Waals surface area contributed by atoms with Crippen molar-refractivity contribution in [1.29, 1.82) is 0 Å². The molecule has 3 rings (SSSR count). The third-order valence-corrected chi connectivity index (χ3v) is 4.91. The molecule has 1 aliphatic heterocycles. The summed E-state index contributed by atoms with van der Waals surface area (Å²) in [6.45, 7) is 0.309. The van der Waals surface area contributed by atoms with Gasteiger partial charge in [0.05, 0.1) is 5.69 Å². The second-order valence-electron chi connectivity index (χ2n) is 5.65. The highest BCUT2D eigenvalue weighted by Crippen LogP contribution is 2.31. The summed E-state index contributed by atoms with van der Waals surface area (Å²) in [7, 11) is 1.69. The number of thioether (sulfide) groups is 1. The molecule has 0 spiro atoms. The van der Waals surface area contributed by atoms with E-state index < -0.39 is 0 Å². The number of benzene rings is 2. The van der Waals surface area contributed by atoms with Crippen molar-refractivity contribution in [3.8, 4) is 5.75 Å². The van der Waals surface area contributed by atoms with Crippen molar-refractivity contribution in [2.75, 3.05) is 18.1 Å². The lowest BCUT2D eigenvalue weighted by molar-refractivity contribution is -0.115. The summed E-state index contributed by atoms with van der Waals surface area (Å²) in [5.74, 6) is 0.708. The molecule has 0 bridgehead atoms. The number of nitrogens with one attached hydrogen (secondary N) is 1. The highest BCUT2D eigenvalue weighted by Gasteiger charge is 2.18. The van der Waals surface area contributed by atoms with Gasteiger partial charge >= 0.3 is 0 Å². The SMILES string of the molecule is CN(Cc1ccccc1O)C(=O)c1ccc2c(c1)NC(=O)CCS2. The number of fused-ring (bicyclic) bond motifs is 1. The average molecular weight is 342 g/mol. The van der Waals surface area contributed by atoms with Crippen LogP contribution >= 0.6 is 11.8 Å². The van der Waals surface area contributed by atoms with Gasteiger partial charge in [0.15, 0.2) is 0 Å². The summed E-state index contributed by atoms with van der Waals surface area (Å²) in [6, 6.07) is 12.3. The van der Waals surface area contributed by atoms with Crippen LogP contribution in [0.5, 0.6) is 5.75 Å². The summed E-state index contributed by atoms with van der Waals surface area (Å²) in [5, 5.41) is 12.7. The Morgan fingerprint density at radius 1 is 1.29 bits per heavy atom. The highest BCUT2D eigenvalue weighted by molar-refractivity contribution is 7.99. The van der Waals surface area contributed by atoms with Crippen LogP contribution in [0, 0.1) is 0 Å². The molecule has 0 atom stereocenters. The van der Waals surface area contributed by atoms with E-state index in [0.29, 0.717) is 29.8 Å². The summed E-state index contributed by atoms with van der Waals surface area (Å²) < 4.78 is 0. The Bertz CT molecular complexity index is 792. The predicted octanol–water partition coefficient (Wildman–Crippen LogP) is 3.10. The molecule has 2 aromatic carbocycles. The molecule has 2 N–H and O–H groups in total. The van der Waals surface area contributed by atoms with Gasteiger partial charge < -0.3 is 15.3 Å². The third-order valence-electron chi connectivity index (χ3n) is 3.83. The summed E-state index contributed by atoms with van der Waals surface area (Å²) in [6.07, 6.45) is 0.468. The van der Waals surface area contributed by atoms with Crippen LogP contribution in [0.15, 0.2) is 47.4 Å². The number of carbonyl (C=O) groups is 2. The van der Waals surface area contributed by atoms with Crippen molar-refractivity contribution in [2.24, 2.45) is 0 Å². The molecule has 0 saturated heterocycles. The molecule has 2 amide bonds. The van der Waals surface area contributed by atoms with Gasteiger partial charge in [0.25, 0.3) is 5.91 Å². The van der Waals surface area contributed by atoms with Crippen molar-refractivity contribution in [3.05, 3.63) is 53.6 Å². The zero-order valence-electron chi connectivity index (χ0n) is 13.3. The lowest BCUT2D eigenvalue weighted by atomic mass is 10.1. The first-order chi connectivity index (χ1) is 11.5. The maximum Gasteiger partial charge on any atom is 0.253 e. The fourth-order valence-electron chi connectivity index (χ4n) is 2.55. The van der Waals surface area contributed by atoms with Crippen LogP contribution in [0.3, 0.4) is 0 Å². The minimum absolute atomic E-state index is 0.0339. The van der Waals surface area contributed by atoms with Gasteiger partial charge in [-0.1, -0.05) is 18.2 Å². The van der Waals surface area contributed by atoms with E-state index in [-0.39, 0.29) is 17.6 Å². The molecular weight excluding hydrogens is 324 g/mol. The molecule has 2 aromatic rings. The Labute approximate surface area is 144 Å². The van der Waals surface area contributed by atoms with Crippen molar-refractivity contribution in [3.63, 3.8) is 0 Å². The fourth-order valence-corrected chi connectivity index (χ4v) is 3.48.